The van der Waals surface area contributed by atoms with Crippen LogP contribution < -0.4 is 0 Å². The Kier molecular flexibility index (Phi) is 2.86. The molecule has 0 atom stereocenters. The fourth-order valence-corrected chi connectivity index (χ4v) is 1.48. The van der Waals surface area contributed by atoms with Gasteiger partial charge in [0, 0.05) is 0 Å². The van der Waals surface area contributed by atoms with Gasteiger partial charge in [0.15, 0.2) is 5.71 Å². The van der Waals surface area contributed by atoms with Gasteiger partial charge in [-0.25, -0.2) is 14.2 Å². The van der Waals surface area contributed by atoms with E-state index in [2.05, 4.69) is 5.10 Å². The number of aliphatic carboxylic acids is 1. The molecule has 1 aromatic carbocycles. The van der Waals surface area contributed by atoms with Crippen molar-refractivity contribution >= 4 is 17.6 Å². The number of rotatable bonds is 3. The van der Waals surface area contributed by atoms with E-state index in [1.54, 1.807) is 0 Å². The summed E-state index contributed by atoms with van der Waals surface area (Å²) in [5.74, 6) is -1.93. The van der Waals surface area contributed by atoms with Gasteiger partial charge in [0.2, 0.25) is 5.91 Å². The van der Waals surface area contributed by atoms with Crippen LogP contribution in [0.5, 0.6) is 0 Å². The summed E-state index contributed by atoms with van der Waals surface area (Å²) in [7, 11) is 0. The minimum Gasteiger partial charge on any atom is -0.477 e. The lowest BCUT2D eigenvalue weighted by molar-refractivity contribution is -0.131. The number of carboxylic acids is 1. The highest BCUT2D eigenvalue weighted by Gasteiger charge is 2.27. The molecule has 0 aromatic heterocycles. The lowest BCUT2D eigenvalue weighted by Crippen LogP contribution is -2.20. The van der Waals surface area contributed by atoms with E-state index in [9.17, 15) is 14.0 Å². The zero-order valence-electron chi connectivity index (χ0n) is 8.76. The average molecular weight is 236 g/mol. The molecule has 0 bridgehead atoms. The molecule has 17 heavy (non-hydrogen) atoms. The van der Waals surface area contributed by atoms with Gasteiger partial charge >= 0.3 is 5.97 Å². The molecule has 0 fully saturated rings. The van der Waals surface area contributed by atoms with Gasteiger partial charge in [-0.3, -0.25) is 4.79 Å². The molecule has 1 aromatic rings. The topological polar surface area (TPSA) is 70.0 Å². The Labute approximate surface area is 96.2 Å². The minimum atomic E-state index is -1.19. The normalized spacial score (nSPS) is 15.0. The summed E-state index contributed by atoms with van der Waals surface area (Å²) in [6.07, 6.45) is -0.198. The molecule has 6 heteroatoms. The minimum absolute atomic E-state index is 0.149. The number of hydrogen-bond acceptors (Lipinski definition) is 3. The highest BCUT2D eigenvalue weighted by molar-refractivity contribution is 6.40. The molecule has 1 heterocycles. The molecule has 2 rings (SSSR count). The number of carbonyl (C=O) groups excluding carboxylic acids is 1. The fourth-order valence-electron chi connectivity index (χ4n) is 1.48. The number of carboxylic acid groups (broad SMARTS) is 1. The first-order valence-electron chi connectivity index (χ1n) is 4.92. The van der Waals surface area contributed by atoms with Crippen molar-refractivity contribution < 1.29 is 19.1 Å². The SMILES string of the molecule is O=C(O)C1=NN(Cc2ccc(F)cc2)C(=O)C1. The molecule has 5 nitrogen and oxygen atoms in total. The van der Waals surface area contributed by atoms with Crippen LogP contribution in [0.4, 0.5) is 4.39 Å². The lowest BCUT2D eigenvalue weighted by Gasteiger charge is -2.11. The quantitative estimate of drug-likeness (QED) is 0.851. The Balaban J connectivity index is 2.11. The standard InChI is InChI=1S/C11H9FN2O3/c12-8-3-1-7(2-4-8)6-14-10(15)5-9(13-14)11(16)17/h1-4H,5-6H2,(H,16,17). The van der Waals surface area contributed by atoms with Gasteiger partial charge in [0.05, 0.1) is 13.0 Å². The summed E-state index contributed by atoms with van der Waals surface area (Å²) in [4.78, 5) is 22.1. The van der Waals surface area contributed by atoms with Crippen molar-refractivity contribution in [3.05, 3.63) is 35.6 Å². The second-order valence-electron chi connectivity index (χ2n) is 3.61. The Hall–Kier alpha value is -2.24. The van der Waals surface area contributed by atoms with Crippen LogP contribution >= 0.6 is 0 Å². The van der Waals surface area contributed by atoms with Crippen LogP contribution in [0, 0.1) is 5.82 Å². The van der Waals surface area contributed by atoms with Crippen LogP contribution in [0.2, 0.25) is 0 Å². The summed E-state index contributed by atoms with van der Waals surface area (Å²) in [5, 5.41) is 13.5. The largest absolute Gasteiger partial charge is 0.477 e. The molecule has 1 aliphatic rings. The molecule has 0 saturated heterocycles. The third kappa shape index (κ3) is 2.47. The van der Waals surface area contributed by atoms with Crippen molar-refractivity contribution in [1.29, 1.82) is 0 Å². The Morgan fingerprint density at radius 2 is 2.06 bits per heavy atom. The summed E-state index contributed by atoms with van der Waals surface area (Å²) in [5.41, 5.74) is 0.521. The molecule has 0 spiro atoms. The maximum Gasteiger partial charge on any atom is 0.352 e. The first-order chi connectivity index (χ1) is 8.06. The number of carbonyl (C=O) groups is 2. The van der Waals surface area contributed by atoms with Gasteiger partial charge < -0.3 is 5.11 Å². The molecular formula is C11H9FN2O3. The third-order valence-electron chi connectivity index (χ3n) is 2.34. The zero-order chi connectivity index (χ0) is 12.4. The smallest absolute Gasteiger partial charge is 0.352 e. The number of hydrazone groups is 1. The number of amides is 1. The van der Waals surface area contributed by atoms with E-state index in [-0.39, 0.29) is 30.4 Å². The Morgan fingerprint density at radius 3 is 2.59 bits per heavy atom. The molecule has 88 valence electrons. The van der Waals surface area contributed by atoms with E-state index in [0.717, 1.165) is 5.01 Å². The predicted molar refractivity (Wildman–Crippen MR) is 56.6 cm³/mol. The average Bonchev–Trinajstić information content (AvgIpc) is 2.64. The number of hydrogen-bond donors (Lipinski definition) is 1. The summed E-state index contributed by atoms with van der Waals surface area (Å²) in [6.45, 7) is 0.149. The molecule has 0 unspecified atom stereocenters. The van der Waals surface area contributed by atoms with Gasteiger partial charge in [0.1, 0.15) is 5.82 Å². The first-order valence-corrected chi connectivity index (χ1v) is 4.92. The van der Waals surface area contributed by atoms with Crippen molar-refractivity contribution in [1.82, 2.24) is 5.01 Å². The maximum atomic E-state index is 12.7. The molecule has 0 saturated carbocycles. The second kappa shape index (κ2) is 4.32. The van der Waals surface area contributed by atoms with Crippen LogP contribution in [0.25, 0.3) is 0 Å². The van der Waals surface area contributed by atoms with E-state index in [1.807, 2.05) is 0 Å². The molecule has 0 radical (unpaired) electrons. The van der Waals surface area contributed by atoms with Crippen molar-refractivity contribution in [2.75, 3.05) is 0 Å². The van der Waals surface area contributed by atoms with Crippen molar-refractivity contribution in [3.8, 4) is 0 Å². The van der Waals surface area contributed by atoms with Crippen molar-refractivity contribution in [2.45, 2.75) is 13.0 Å². The van der Waals surface area contributed by atoms with Gasteiger partial charge in [-0.1, -0.05) is 12.1 Å². The monoisotopic (exact) mass is 236 g/mol. The van der Waals surface area contributed by atoms with Crippen LogP contribution in [-0.4, -0.2) is 27.7 Å². The van der Waals surface area contributed by atoms with Crippen LogP contribution in [0.3, 0.4) is 0 Å². The third-order valence-corrected chi connectivity index (χ3v) is 2.34. The Morgan fingerprint density at radius 1 is 1.41 bits per heavy atom. The summed E-state index contributed by atoms with van der Waals surface area (Å²) >= 11 is 0. The second-order valence-corrected chi connectivity index (χ2v) is 3.61. The van der Waals surface area contributed by atoms with Gasteiger partial charge in [-0.15, -0.1) is 0 Å². The van der Waals surface area contributed by atoms with E-state index < -0.39 is 5.97 Å². The molecule has 0 aliphatic carbocycles. The van der Waals surface area contributed by atoms with Gasteiger partial charge in [0.25, 0.3) is 0 Å². The van der Waals surface area contributed by atoms with Crippen LogP contribution in [-0.2, 0) is 16.1 Å². The van der Waals surface area contributed by atoms with Crippen molar-refractivity contribution in [3.63, 3.8) is 0 Å². The van der Waals surface area contributed by atoms with Crippen LogP contribution in [0.1, 0.15) is 12.0 Å². The van der Waals surface area contributed by atoms with Gasteiger partial charge in [-0.05, 0) is 17.7 Å². The highest BCUT2D eigenvalue weighted by atomic mass is 19.1. The maximum absolute atomic E-state index is 12.7. The Bertz CT molecular complexity index is 496. The predicted octanol–water partition coefficient (Wildman–Crippen LogP) is 0.999. The summed E-state index contributed by atoms with van der Waals surface area (Å²) in [6, 6.07) is 5.60. The molecule has 1 amide bonds. The summed E-state index contributed by atoms with van der Waals surface area (Å²) < 4.78 is 12.7. The number of halogens is 1. The van der Waals surface area contributed by atoms with E-state index in [4.69, 9.17) is 5.11 Å². The first kappa shape index (κ1) is 11.3. The van der Waals surface area contributed by atoms with E-state index >= 15 is 0 Å². The fraction of sp³-hybridized carbons (Fsp3) is 0.182. The molecule has 1 N–H and O–H groups in total. The highest BCUT2D eigenvalue weighted by Crippen LogP contribution is 2.13. The van der Waals surface area contributed by atoms with Crippen molar-refractivity contribution in [2.24, 2.45) is 5.10 Å². The molecule has 1 aliphatic heterocycles. The number of benzene rings is 1. The van der Waals surface area contributed by atoms with Gasteiger partial charge in [-0.2, -0.15) is 5.10 Å². The lowest BCUT2D eigenvalue weighted by atomic mass is 10.2. The zero-order valence-corrected chi connectivity index (χ0v) is 8.76. The van der Waals surface area contributed by atoms with E-state index in [0.29, 0.717) is 5.56 Å². The number of nitrogens with zero attached hydrogens (tertiary/aromatic N) is 2. The molecular weight excluding hydrogens is 227 g/mol. The van der Waals surface area contributed by atoms with Crippen LogP contribution in [0.15, 0.2) is 29.4 Å². The van der Waals surface area contributed by atoms with E-state index in [1.165, 1.54) is 24.3 Å².